The van der Waals surface area contributed by atoms with Crippen molar-refractivity contribution >= 4 is 34.5 Å². The second kappa shape index (κ2) is 9.50. The van der Waals surface area contributed by atoms with Crippen LogP contribution in [-0.4, -0.2) is 40.1 Å². The number of benzene rings is 1. The van der Waals surface area contributed by atoms with Gasteiger partial charge in [0.2, 0.25) is 11.8 Å². The van der Waals surface area contributed by atoms with Gasteiger partial charge in [0.15, 0.2) is 0 Å². The molecule has 2 aromatic heterocycles. The normalized spacial score (nSPS) is 10.9. The summed E-state index contributed by atoms with van der Waals surface area (Å²) < 4.78 is 7.19. The van der Waals surface area contributed by atoms with Crippen molar-refractivity contribution in [3.8, 4) is 0 Å². The van der Waals surface area contributed by atoms with E-state index >= 15 is 0 Å². The number of hydrogen-bond donors (Lipinski definition) is 1. The summed E-state index contributed by atoms with van der Waals surface area (Å²) in [6.07, 6.45) is 3.56. The van der Waals surface area contributed by atoms with Crippen LogP contribution in [0.1, 0.15) is 19.6 Å². The first-order chi connectivity index (χ1) is 13.6. The number of fused-ring (bicyclic) bond motifs is 1. The van der Waals surface area contributed by atoms with Crippen molar-refractivity contribution in [2.24, 2.45) is 0 Å². The fourth-order valence-corrected chi connectivity index (χ4v) is 3.99. The lowest BCUT2D eigenvalue weighted by atomic mass is 10.2. The van der Waals surface area contributed by atoms with Gasteiger partial charge >= 0.3 is 0 Å². The van der Waals surface area contributed by atoms with Crippen molar-refractivity contribution in [1.29, 1.82) is 0 Å². The van der Waals surface area contributed by atoms with Gasteiger partial charge in [-0.1, -0.05) is 18.2 Å². The van der Waals surface area contributed by atoms with E-state index in [-0.39, 0.29) is 11.8 Å². The highest BCUT2D eigenvalue weighted by Crippen LogP contribution is 2.30. The Morgan fingerprint density at radius 3 is 2.64 bits per heavy atom. The summed E-state index contributed by atoms with van der Waals surface area (Å²) in [4.78, 5) is 27.5. The molecule has 0 radical (unpaired) electrons. The Kier molecular flexibility index (Phi) is 6.81. The molecule has 28 heavy (non-hydrogen) atoms. The molecule has 0 fully saturated rings. The first-order valence-corrected chi connectivity index (χ1v) is 10.4. The third-order valence-electron chi connectivity index (χ3n) is 4.57. The Morgan fingerprint density at radius 2 is 1.93 bits per heavy atom. The SMILES string of the molecule is CCN(CC)C(=O)Cn1cc(SCC(=O)NCc2ccco2)c2ccccc21. The Bertz CT molecular complexity index is 930. The van der Waals surface area contributed by atoms with E-state index in [0.29, 0.717) is 31.9 Å². The van der Waals surface area contributed by atoms with Crippen LogP contribution in [0.4, 0.5) is 0 Å². The van der Waals surface area contributed by atoms with E-state index in [0.717, 1.165) is 21.6 Å². The third kappa shape index (κ3) is 4.78. The molecule has 0 spiro atoms. The van der Waals surface area contributed by atoms with Crippen LogP contribution in [0.5, 0.6) is 0 Å². The number of para-hydroxylation sites is 1. The molecule has 1 N–H and O–H groups in total. The molecule has 0 atom stereocenters. The van der Waals surface area contributed by atoms with Crippen molar-refractivity contribution in [1.82, 2.24) is 14.8 Å². The lowest BCUT2D eigenvalue weighted by Gasteiger charge is -2.19. The zero-order valence-corrected chi connectivity index (χ0v) is 17.0. The maximum absolute atomic E-state index is 12.5. The summed E-state index contributed by atoms with van der Waals surface area (Å²) >= 11 is 1.47. The molecule has 0 saturated carbocycles. The van der Waals surface area contributed by atoms with E-state index < -0.39 is 0 Å². The number of hydrogen-bond acceptors (Lipinski definition) is 4. The van der Waals surface area contributed by atoms with Crippen molar-refractivity contribution in [2.45, 2.75) is 31.8 Å². The van der Waals surface area contributed by atoms with E-state index in [1.165, 1.54) is 11.8 Å². The number of carbonyl (C=O) groups is 2. The zero-order chi connectivity index (χ0) is 19.9. The number of amides is 2. The molecule has 0 aliphatic heterocycles. The van der Waals surface area contributed by atoms with Gasteiger partial charge in [0, 0.05) is 35.1 Å². The highest BCUT2D eigenvalue weighted by molar-refractivity contribution is 8.00. The molecule has 7 heteroatoms. The summed E-state index contributed by atoms with van der Waals surface area (Å²) in [7, 11) is 0. The van der Waals surface area contributed by atoms with Gasteiger partial charge < -0.3 is 19.2 Å². The predicted molar refractivity (Wildman–Crippen MR) is 111 cm³/mol. The molecule has 0 saturated heterocycles. The highest BCUT2D eigenvalue weighted by atomic mass is 32.2. The molecule has 1 aromatic carbocycles. The van der Waals surface area contributed by atoms with Crippen LogP contribution in [0, 0.1) is 0 Å². The summed E-state index contributed by atoms with van der Waals surface area (Å²) in [5.74, 6) is 1.07. The number of thioether (sulfide) groups is 1. The number of carbonyl (C=O) groups excluding carboxylic acids is 2. The average molecular weight is 400 g/mol. The number of likely N-dealkylation sites (N-methyl/N-ethyl adjacent to an activating group) is 1. The van der Waals surface area contributed by atoms with Crippen LogP contribution >= 0.6 is 11.8 Å². The number of nitrogens with zero attached hydrogens (tertiary/aromatic N) is 2. The maximum atomic E-state index is 12.5. The smallest absolute Gasteiger partial charge is 0.242 e. The fourth-order valence-electron chi connectivity index (χ4n) is 3.07. The molecule has 2 amide bonds. The lowest BCUT2D eigenvalue weighted by molar-refractivity contribution is -0.131. The van der Waals surface area contributed by atoms with E-state index in [4.69, 9.17) is 4.42 Å². The summed E-state index contributed by atoms with van der Waals surface area (Å²) in [6, 6.07) is 11.6. The Hall–Kier alpha value is -2.67. The van der Waals surface area contributed by atoms with Crippen LogP contribution in [-0.2, 0) is 22.7 Å². The minimum Gasteiger partial charge on any atom is -0.467 e. The minimum absolute atomic E-state index is 0.0579. The van der Waals surface area contributed by atoms with E-state index in [1.54, 1.807) is 12.3 Å². The van der Waals surface area contributed by atoms with Crippen molar-refractivity contribution < 1.29 is 14.0 Å². The summed E-state index contributed by atoms with van der Waals surface area (Å²) in [5, 5.41) is 3.91. The Morgan fingerprint density at radius 1 is 1.14 bits per heavy atom. The van der Waals surface area contributed by atoms with Gasteiger partial charge in [-0.05, 0) is 32.0 Å². The van der Waals surface area contributed by atoms with E-state index in [2.05, 4.69) is 5.32 Å². The Labute approximate surface area is 168 Å². The predicted octanol–water partition coefficient (Wildman–Crippen LogP) is 3.51. The van der Waals surface area contributed by atoms with Crippen molar-refractivity contribution in [3.05, 3.63) is 54.6 Å². The van der Waals surface area contributed by atoms with Crippen LogP contribution < -0.4 is 5.32 Å². The topological polar surface area (TPSA) is 67.5 Å². The lowest BCUT2D eigenvalue weighted by Crippen LogP contribution is -2.33. The van der Waals surface area contributed by atoms with Crippen molar-refractivity contribution in [2.75, 3.05) is 18.8 Å². The molecule has 0 bridgehead atoms. The number of rotatable bonds is 9. The minimum atomic E-state index is -0.0579. The molecule has 0 unspecified atom stereocenters. The monoisotopic (exact) mass is 399 g/mol. The molecule has 0 aliphatic carbocycles. The van der Waals surface area contributed by atoms with Crippen LogP contribution in [0.15, 0.2) is 58.2 Å². The molecule has 2 heterocycles. The quantitative estimate of drug-likeness (QED) is 0.559. The first kappa shape index (κ1) is 20.1. The van der Waals surface area contributed by atoms with E-state index in [1.807, 2.05) is 59.8 Å². The van der Waals surface area contributed by atoms with Crippen LogP contribution in [0.2, 0.25) is 0 Å². The zero-order valence-electron chi connectivity index (χ0n) is 16.2. The summed E-state index contributed by atoms with van der Waals surface area (Å²) in [5.41, 5.74) is 1.00. The second-order valence-electron chi connectivity index (χ2n) is 6.35. The first-order valence-electron chi connectivity index (χ1n) is 9.39. The second-order valence-corrected chi connectivity index (χ2v) is 7.37. The molecular formula is C21H25N3O3S. The highest BCUT2D eigenvalue weighted by Gasteiger charge is 2.15. The summed E-state index contributed by atoms with van der Waals surface area (Å²) in [6.45, 7) is 6.05. The number of nitrogens with one attached hydrogen (secondary N) is 1. The van der Waals surface area contributed by atoms with Gasteiger partial charge in [-0.2, -0.15) is 0 Å². The van der Waals surface area contributed by atoms with Gasteiger partial charge in [-0.3, -0.25) is 9.59 Å². The van der Waals surface area contributed by atoms with Crippen molar-refractivity contribution in [3.63, 3.8) is 0 Å². The molecule has 6 nitrogen and oxygen atoms in total. The largest absolute Gasteiger partial charge is 0.467 e. The van der Waals surface area contributed by atoms with E-state index in [9.17, 15) is 9.59 Å². The molecule has 3 rings (SSSR count). The van der Waals surface area contributed by atoms with Gasteiger partial charge in [0.05, 0.1) is 18.6 Å². The molecular weight excluding hydrogens is 374 g/mol. The van der Waals surface area contributed by atoms with Gasteiger partial charge in [0.25, 0.3) is 0 Å². The molecule has 148 valence electrons. The van der Waals surface area contributed by atoms with Crippen LogP contribution in [0.3, 0.4) is 0 Å². The number of furan rings is 1. The maximum Gasteiger partial charge on any atom is 0.242 e. The molecule has 3 aromatic rings. The standard InChI is InChI=1S/C21H25N3O3S/c1-3-23(4-2)21(26)14-24-13-19(17-9-5-6-10-18(17)24)28-15-20(25)22-12-16-8-7-11-27-16/h5-11,13H,3-4,12,14-15H2,1-2H3,(H,22,25). The number of aromatic nitrogens is 1. The van der Waals surface area contributed by atoms with Crippen LogP contribution in [0.25, 0.3) is 10.9 Å². The van der Waals surface area contributed by atoms with Gasteiger partial charge in [-0.25, -0.2) is 0 Å². The fraction of sp³-hybridized carbons (Fsp3) is 0.333. The average Bonchev–Trinajstić information content (AvgIpc) is 3.34. The van der Waals surface area contributed by atoms with Gasteiger partial charge in [-0.15, -0.1) is 11.8 Å². The molecule has 0 aliphatic rings. The third-order valence-corrected chi connectivity index (χ3v) is 5.62. The van der Waals surface area contributed by atoms with Gasteiger partial charge in [0.1, 0.15) is 12.3 Å². The Balaban J connectivity index is 1.67.